The van der Waals surface area contributed by atoms with Crippen molar-refractivity contribution in [3.05, 3.63) is 34.1 Å². The van der Waals surface area contributed by atoms with Crippen molar-refractivity contribution in [2.45, 2.75) is 45.1 Å². The number of halogens is 3. The normalized spacial score (nSPS) is 20.4. The predicted octanol–water partition coefficient (Wildman–Crippen LogP) is 4.18. The zero-order valence-electron chi connectivity index (χ0n) is 16.0. The van der Waals surface area contributed by atoms with Gasteiger partial charge in [0.2, 0.25) is 0 Å². The molecule has 152 valence electrons. The highest BCUT2D eigenvalue weighted by Gasteiger charge is 2.34. The zero-order valence-corrected chi connectivity index (χ0v) is 19.9. The van der Waals surface area contributed by atoms with Crippen LogP contribution in [0.3, 0.4) is 0 Å². The van der Waals surface area contributed by atoms with Crippen molar-refractivity contribution in [3.8, 4) is 0 Å². The first-order valence-electron chi connectivity index (χ1n) is 9.86. The minimum atomic E-state index is -0.138. The first-order chi connectivity index (χ1) is 12.7. The minimum absolute atomic E-state index is 0. The van der Waals surface area contributed by atoms with Crippen LogP contribution >= 0.6 is 39.9 Å². The predicted molar refractivity (Wildman–Crippen MR) is 125 cm³/mol. The monoisotopic (exact) mass is 552 g/mol. The van der Waals surface area contributed by atoms with E-state index in [1.807, 2.05) is 12.1 Å². The van der Waals surface area contributed by atoms with Gasteiger partial charge in [0, 0.05) is 36.7 Å². The molecule has 1 aliphatic heterocycles. The number of hydrogen-bond acceptors (Lipinski definition) is 2. The number of aryl methyl sites for hydroxylation is 1. The van der Waals surface area contributed by atoms with E-state index in [4.69, 9.17) is 4.99 Å². The van der Waals surface area contributed by atoms with E-state index in [0.717, 1.165) is 54.5 Å². The van der Waals surface area contributed by atoms with Crippen LogP contribution in [0.25, 0.3) is 0 Å². The number of likely N-dealkylation sites (tertiary alicyclic amines) is 1. The summed E-state index contributed by atoms with van der Waals surface area (Å²) >= 11 is 3.30. The summed E-state index contributed by atoms with van der Waals surface area (Å²) < 4.78 is 14.6. The van der Waals surface area contributed by atoms with Crippen LogP contribution in [0, 0.1) is 11.7 Å². The summed E-state index contributed by atoms with van der Waals surface area (Å²) in [5.74, 6) is 1.43. The van der Waals surface area contributed by atoms with E-state index in [2.05, 4.69) is 38.4 Å². The standard InChI is InChI=1S/C20H30BrFN4.HI/c1-2-23-20(25-13-15-9-11-26(14-15)18-7-8-18)24-10-3-4-16-5-6-17(21)12-19(16)22;/h5-6,12,15,18H,2-4,7-11,13-14H2,1H3,(H2,23,24,25);1H. The molecular formula is C20H31BrFIN4. The maximum absolute atomic E-state index is 13.9. The number of nitrogens with zero attached hydrogens (tertiary/aromatic N) is 2. The van der Waals surface area contributed by atoms with Crippen LogP contribution in [0.15, 0.2) is 27.7 Å². The Kier molecular flexibility index (Phi) is 9.79. The summed E-state index contributed by atoms with van der Waals surface area (Å²) in [5.41, 5.74) is 0.767. The summed E-state index contributed by atoms with van der Waals surface area (Å²) in [6, 6.07) is 6.14. The van der Waals surface area contributed by atoms with Gasteiger partial charge >= 0.3 is 0 Å². The van der Waals surface area contributed by atoms with Gasteiger partial charge in [0.25, 0.3) is 0 Å². The van der Waals surface area contributed by atoms with E-state index >= 15 is 0 Å². The SMILES string of the molecule is CCNC(=NCC1CCN(C2CC2)C1)NCCCc1ccc(Br)cc1F.I. The summed E-state index contributed by atoms with van der Waals surface area (Å²) in [6.07, 6.45) is 5.65. The van der Waals surface area contributed by atoms with E-state index in [-0.39, 0.29) is 29.8 Å². The molecule has 2 aliphatic rings. The van der Waals surface area contributed by atoms with Crippen molar-refractivity contribution >= 4 is 45.9 Å². The average Bonchev–Trinajstić information content (AvgIpc) is 3.36. The maximum atomic E-state index is 13.9. The minimum Gasteiger partial charge on any atom is -0.357 e. The highest BCUT2D eigenvalue weighted by atomic mass is 127. The lowest BCUT2D eigenvalue weighted by Gasteiger charge is -2.15. The molecule has 1 heterocycles. The van der Waals surface area contributed by atoms with Crippen LogP contribution in [0.1, 0.15) is 38.2 Å². The number of rotatable bonds is 8. The van der Waals surface area contributed by atoms with E-state index in [1.54, 1.807) is 0 Å². The topological polar surface area (TPSA) is 39.7 Å². The third-order valence-electron chi connectivity index (χ3n) is 5.16. The van der Waals surface area contributed by atoms with E-state index in [1.165, 1.54) is 38.4 Å². The quantitative estimate of drug-likeness (QED) is 0.220. The van der Waals surface area contributed by atoms with Crippen molar-refractivity contribution in [1.29, 1.82) is 0 Å². The van der Waals surface area contributed by atoms with E-state index in [9.17, 15) is 4.39 Å². The van der Waals surface area contributed by atoms with Crippen LogP contribution in [0.2, 0.25) is 0 Å². The fourth-order valence-corrected chi connectivity index (χ4v) is 3.89. The molecule has 27 heavy (non-hydrogen) atoms. The third-order valence-corrected chi connectivity index (χ3v) is 5.66. The number of guanidine groups is 1. The molecule has 2 N–H and O–H groups in total. The molecule has 1 aromatic rings. The second-order valence-electron chi connectivity index (χ2n) is 7.37. The summed E-state index contributed by atoms with van der Waals surface area (Å²) in [6.45, 7) is 7.06. The Morgan fingerprint density at radius 2 is 2.11 bits per heavy atom. The third kappa shape index (κ3) is 7.49. The van der Waals surface area contributed by atoms with Gasteiger partial charge in [0.1, 0.15) is 5.82 Å². The molecule has 0 bridgehead atoms. The van der Waals surface area contributed by atoms with Gasteiger partial charge in [-0.15, -0.1) is 24.0 Å². The van der Waals surface area contributed by atoms with Crippen LogP contribution in [-0.2, 0) is 6.42 Å². The molecule has 4 nitrogen and oxygen atoms in total. The zero-order chi connectivity index (χ0) is 18.4. The lowest BCUT2D eigenvalue weighted by molar-refractivity contribution is 0.315. The summed E-state index contributed by atoms with van der Waals surface area (Å²) in [4.78, 5) is 7.40. The Hall–Kier alpha value is -0.410. The van der Waals surface area contributed by atoms with Gasteiger partial charge in [-0.05, 0) is 69.2 Å². The first kappa shape index (κ1) is 22.9. The fraction of sp³-hybridized carbons (Fsp3) is 0.650. The Labute approximate surface area is 187 Å². The number of benzene rings is 1. The Morgan fingerprint density at radius 3 is 2.81 bits per heavy atom. The molecule has 1 aliphatic carbocycles. The molecule has 3 rings (SSSR count). The van der Waals surface area contributed by atoms with Gasteiger partial charge < -0.3 is 15.5 Å². The Morgan fingerprint density at radius 1 is 1.30 bits per heavy atom. The van der Waals surface area contributed by atoms with E-state index in [0.29, 0.717) is 5.92 Å². The van der Waals surface area contributed by atoms with Gasteiger partial charge in [-0.3, -0.25) is 4.99 Å². The molecule has 1 atom stereocenters. The van der Waals surface area contributed by atoms with Gasteiger partial charge in [-0.2, -0.15) is 0 Å². The highest BCUT2D eigenvalue weighted by molar-refractivity contribution is 14.0. The van der Waals surface area contributed by atoms with Crippen LogP contribution in [-0.4, -0.2) is 49.6 Å². The number of hydrogen-bond donors (Lipinski definition) is 2. The van der Waals surface area contributed by atoms with Crippen molar-refractivity contribution in [2.24, 2.45) is 10.9 Å². The summed E-state index contributed by atoms with van der Waals surface area (Å²) in [5, 5.41) is 6.70. The Balaban J connectivity index is 0.00000261. The number of nitrogens with one attached hydrogen (secondary N) is 2. The van der Waals surface area contributed by atoms with Gasteiger partial charge in [0.15, 0.2) is 5.96 Å². The smallest absolute Gasteiger partial charge is 0.191 e. The van der Waals surface area contributed by atoms with Crippen molar-refractivity contribution < 1.29 is 4.39 Å². The van der Waals surface area contributed by atoms with E-state index < -0.39 is 0 Å². The highest BCUT2D eigenvalue weighted by Crippen LogP contribution is 2.31. The average molecular weight is 553 g/mol. The maximum Gasteiger partial charge on any atom is 0.191 e. The summed E-state index contributed by atoms with van der Waals surface area (Å²) in [7, 11) is 0. The lowest BCUT2D eigenvalue weighted by Crippen LogP contribution is -2.38. The second-order valence-corrected chi connectivity index (χ2v) is 8.28. The molecule has 1 unspecified atom stereocenters. The molecule has 1 saturated heterocycles. The van der Waals surface area contributed by atoms with Crippen molar-refractivity contribution in [2.75, 3.05) is 32.7 Å². The van der Waals surface area contributed by atoms with Crippen LogP contribution in [0.4, 0.5) is 4.39 Å². The molecule has 0 spiro atoms. The fourth-order valence-electron chi connectivity index (χ4n) is 3.56. The van der Waals surface area contributed by atoms with Gasteiger partial charge in [0.05, 0.1) is 0 Å². The molecule has 0 aromatic heterocycles. The number of aliphatic imine (C=N–C) groups is 1. The molecule has 2 fully saturated rings. The van der Waals surface area contributed by atoms with Crippen LogP contribution < -0.4 is 10.6 Å². The van der Waals surface area contributed by atoms with Crippen molar-refractivity contribution in [1.82, 2.24) is 15.5 Å². The molecule has 1 aromatic carbocycles. The molecular weight excluding hydrogens is 522 g/mol. The van der Waals surface area contributed by atoms with Gasteiger partial charge in [-0.25, -0.2) is 4.39 Å². The second kappa shape index (κ2) is 11.6. The lowest BCUT2D eigenvalue weighted by atomic mass is 10.1. The largest absolute Gasteiger partial charge is 0.357 e. The van der Waals surface area contributed by atoms with Crippen molar-refractivity contribution in [3.63, 3.8) is 0 Å². The van der Waals surface area contributed by atoms with Crippen LogP contribution in [0.5, 0.6) is 0 Å². The molecule has 0 amide bonds. The molecule has 7 heteroatoms. The first-order valence-corrected chi connectivity index (χ1v) is 10.6. The molecule has 0 radical (unpaired) electrons. The molecule has 1 saturated carbocycles. The Bertz CT molecular complexity index is 624. The van der Waals surface area contributed by atoms with Gasteiger partial charge in [-0.1, -0.05) is 22.0 Å².